The quantitative estimate of drug-likeness (QED) is 0.751. The van der Waals surface area contributed by atoms with Gasteiger partial charge in [-0.15, -0.1) is 0 Å². The van der Waals surface area contributed by atoms with Crippen molar-refractivity contribution in [1.82, 2.24) is 14.5 Å². The third kappa shape index (κ3) is 2.03. The molecule has 2 heterocycles. The molecule has 0 spiro atoms. The molecule has 0 saturated heterocycles. The second-order valence-corrected chi connectivity index (χ2v) is 4.73. The number of rotatable bonds is 3. The van der Waals surface area contributed by atoms with Crippen molar-refractivity contribution in [2.24, 2.45) is 0 Å². The van der Waals surface area contributed by atoms with Crippen LogP contribution in [0.5, 0.6) is 0 Å². The van der Waals surface area contributed by atoms with Crippen LogP contribution in [0.2, 0.25) is 0 Å². The Morgan fingerprint density at radius 3 is 2.90 bits per heavy atom. The fraction of sp³-hybridized carbons (Fsp3) is 0.231. The van der Waals surface area contributed by atoms with Gasteiger partial charge in [0.15, 0.2) is 16.4 Å². The fourth-order valence-corrected chi connectivity index (χ4v) is 2.33. The van der Waals surface area contributed by atoms with E-state index >= 15 is 0 Å². The molecular weight excluding hydrogens is 284 g/mol. The van der Waals surface area contributed by atoms with Crippen LogP contribution < -0.4 is 0 Å². The molecule has 0 aliphatic carbocycles. The number of nitrogens with one attached hydrogen (secondary N) is 1. The lowest BCUT2D eigenvalue weighted by atomic mass is 10.3. The summed E-state index contributed by atoms with van der Waals surface area (Å²) in [7, 11) is 0. The highest BCUT2D eigenvalue weighted by Crippen LogP contribution is 2.21. The predicted molar refractivity (Wildman–Crippen MR) is 72.0 cm³/mol. The van der Waals surface area contributed by atoms with Gasteiger partial charge in [-0.25, -0.2) is 13.8 Å². The van der Waals surface area contributed by atoms with Crippen LogP contribution in [-0.4, -0.2) is 14.5 Å². The summed E-state index contributed by atoms with van der Waals surface area (Å²) in [5, 5.41) is 0. The largest absolute Gasteiger partial charge is 0.444 e. The molecule has 20 heavy (non-hydrogen) atoms. The molecular formula is C13H11F2N3OS. The summed E-state index contributed by atoms with van der Waals surface area (Å²) in [4.78, 5) is 6.94. The lowest BCUT2D eigenvalue weighted by Gasteiger charge is -2.02. The topological polar surface area (TPSA) is 46.8 Å². The molecule has 0 radical (unpaired) electrons. The summed E-state index contributed by atoms with van der Waals surface area (Å²) in [6.45, 7) is 2.09. The van der Waals surface area contributed by atoms with Gasteiger partial charge in [0.25, 0.3) is 0 Å². The van der Waals surface area contributed by atoms with Crippen LogP contribution in [0, 0.1) is 16.4 Å². The maximum Gasteiger partial charge on any atom is 0.214 e. The van der Waals surface area contributed by atoms with Gasteiger partial charge in [0.05, 0.1) is 11.7 Å². The number of aryl methyl sites for hydroxylation is 1. The first-order valence-electron chi connectivity index (χ1n) is 6.10. The van der Waals surface area contributed by atoms with Crippen LogP contribution in [0.25, 0.3) is 11.0 Å². The summed E-state index contributed by atoms with van der Waals surface area (Å²) in [5.41, 5.74) is 0.530. The molecule has 0 aliphatic rings. The van der Waals surface area contributed by atoms with Gasteiger partial charge in [0, 0.05) is 6.42 Å². The number of nitrogens with zero attached hydrogens (tertiary/aromatic N) is 2. The van der Waals surface area contributed by atoms with Crippen LogP contribution in [0.4, 0.5) is 8.78 Å². The molecule has 104 valence electrons. The minimum absolute atomic E-state index is 0.0891. The van der Waals surface area contributed by atoms with Gasteiger partial charge >= 0.3 is 0 Å². The van der Waals surface area contributed by atoms with Crippen molar-refractivity contribution >= 4 is 23.3 Å². The normalized spacial score (nSPS) is 11.3. The van der Waals surface area contributed by atoms with E-state index in [1.807, 2.05) is 6.92 Å². The average molecular weight is 295 g/mol. The van der Waals surface area contributed by atoms with E-state index in [0.29, 0.717) is 16.2 Å². The zero-order valence-electron chi connectivity index (χ0n) is 10.6. The number of aromatic nitrogens is 3. The van der Waals surface area contributed by atoms with Crippen molar-refractivity contribution in [2.75, 3.05) is 0 Å². The second kappa shape index (κ2) is 4.82. The van der Waals surface area contributed by atoms with E-state index in [1.54, 1.807) is 6.20 Å². The molecule has 0 unspecified atom stereocenters. The van der Waals surface area contributed by atoms with Crippen LogP contribution in [0.3, 0.4) is 0 Å². The number of oxazole rings is 1. The molecule has 0 bridgehead atoms. The van der Waals surface area contributed by atoms with E-state index in [2.05, 4.69) is 9.97 Å². The van der Waals surface area contributed by atoms with E-state index in [0.717, 1.165) is 18.2 Å². The Morgan fingerprint density at radius 2 is 2.20 bits per heavy atom. The van der Waals surface area contributed by atoms with Crippen LogP contribution in [0.1, 0.15) is 18.6 Å². The van der Waals surface area contributed by atoms with Crippen molar-refractivity contribution in [3.63, 3.8) is 0 Å². The van der Waals surface area contributed by atoms with E-state index in [9.17, 15) is 8.78 Å². The second-order valence-electron chi connectivity index (χ2n) is 4.35. The average Bonchev–Trinajstić information content (AvgIpc) is 3.00. The standard InChI is InChI=1S/C13H11F2N3OS/c1-2-7-5-16-10(19-7)6-18-12-9(17-13(18)20)4-3-8(14)11(12)15/h3-5H,2,6H2,1H3,(H,17,20). The van der Waals surface area contributed by atoms with Crippen LogP contribution >= 0.6 is 12.2 Å². The molecule has 2 aromatic heterocycles. The molecule has 4 nitrogen and oxygen atoms in total. The van der Waals surface area contributed by atoms with E-state index in [-0.39, 0.29) is 12.1 Å². The molecule has 0 saturated carbocycles. The first kappa shape index (κ1) is 13.0. The Morgan fingerprint density at radius 1 is 1.40 bits per heavy atom. The first-order valence-corrected chi connectivity index (χ1v) is 6.51. The summed E-state index contributed by atoms with van der Waals surface area (Å²) in [6.07, 6.45) is 2.33. The number of imidazole rings is 1. The Kier molecular flexibility index (Phi) is 3.13. The minimum atomic E-state index is -0.933. The molecule has 0 aliphatic heterocycles. The highest BCUT2D eigenvalue weighted by Gasteiger charge is 2.15. The number of hydrogen-bond donors (Lipinski definition) is 1. The van der Waals surface area contributed by atoms with Crippen LogP contribution in [0.15, 0.2) is 22.7 Å². The van der Waals surface area contributed by atoms with Gasteiger partial charge in [0.1, 0.15) is 17.8 Å². The zero-order valence-corrected chi connectivity index (χ0v) is 11.4. The SMILES string of the molecule is CCc1cnc(Cn2c(=S)[nH]c3ccc(F)c(F)c32)o1. The lowest BCUT2D eigenvalue weighted by molar-refractivity contribution is 0.445. The summed E-state index contributed by atoms with van der Waals surface area (Å²) in [6, 6.07) is 2.51. The molecule has 7 heteroatoms. The molecule has 1 aromatic carbocycles. The maximum atomic E-state index is 13.9. The number of benzene rings is 1. The Hall–Kier alpha value is -2.02. The third-order valence-corrected chi connectivity index (χ3v) is 3.39. The van der Waals surface area contributed by atoms with Gasteiger partial charge in [-0.3, -0.25) is 0 Å². The number of H-pyrrole nitrogens is 1. The monoisotopic (exact) mass is 295 g/mol. The molecule has 0 atom stereocenters. The Labute approximate surface area is 118 Å². The summed E-state index contributed by atoms with van der Waals surface area (Å²) in [5.74, 6) is -0.709. The van der Waals surface area contributed by atoms with Gasteiger partial charge in [0.2, 0.25) is 5.89 Å². The van der Waals surface area contributed by atoms with Crippen molar-refractivity contribution in [2.45, 2.75) is 19.9 Å². The van der Waals surface area contributed by atoms with Crippen molar-refractivity contribution in [3.8, 4) is 0 Å². The van der Waals surface area contributed by atoms with E-state index in [4.69, 9.17) is 16.6 Å². The number of halogens is 2. The predicted octanol–water partition coefficient (Wildman–Crippen LogP) is 3.58. The van der Waals surface area contributed by atoms with Crippen molar-refractivity contribution in [1.29, 1.82) is 0 Å². The Balaban J connectivity index is 2.13. The van der Waals surface area contributed by atoms with E-state index < -0.39 is 11.6 Å². The molecule has 0 amide bonds. The highest BCUT2D eigenvalue weighted by atomic mass is 32.1. The molecule has 3 aromatic rings. The van der Waals surface area contributed by atoms with Gasteiger partial charge in [-0.2, -0.15) is 0 Å². The van der Waals surface area contributed by atoms with Gasteiger partial charge in [-0.1, -0.05) is 6.92 Å². The lowest BCUT2D eigenvalue weighted by Crippen LogP contribution is -2.02. The maximum absolute atomic E-state index is 13.9. The minimum Gasteiger partial charge on any atom is -0.444 e. The Bertz CT molecular complexity index is 834. The number of aromatic amines is 1. The summed E-state index contributed by atoms with van der Waals surface area (Å²) >= 11 is 5.14. The smallest absolute Gasteiger partial charge is 0.214 e. The summed E-state index contributed by atoms with van der Waals surface area (Å²) < 4.78 is 34.5. The molecule has 3 rings (SSSR count). The highest BCUT2D eigenvalue weighted by molar-refractivity contribution is 7.71. The fourth-order valence-electron chi connectivity index (χ4n) is 2.06. The third-order valence-electron chi connectivity index (χ3n) is 3.07. The van der Waals surface area contributed by atoms with Crippen LogP contribution in [-0.2, 0) is 13.0 Å². The zero-order chi connectivity index (χ0) is 14.3. The van der Waals surface area contributed by atoms with Gasteiger partial charge < -0.3 is 14.0 Å². The number of fused-ring (bicyclic) bond motifs is 1. The number of hydrogen-bond acceptors (Lipinski definition) is 3. The van der Waals surface area contributed by atoms with Gasteiger partial charge in [-0.05, 0) is 24.4 Å². The van der Waals surface area contributed by atoms with Crippen molar-refractivity contribution in [3.05, 3.63) is 46.4 Å². The van der Waals surface area contributed by atoms with Crippen molar-refractivity contribution < 1.29 is 13.2 Å². The van der Waals surface area contributed by atoms with E-state index in [1.165, 1.54) is 10.6 Å². The molecule has 0 fully saturated rings. The first-order chi connectivity index (χ1) is 9.60. The molecule has 1 N–H and O–H groups in total.